The van der Waals surface area contributed by atoms with Gasteiger partial charge in [0.05, 0.1) is 25.6 Å². The standard InChI is InChI=1S/C16H20N2O3/c1-21-12-4-2-11(3-5-12)10-16(20)18-9-8-13-14(18)6-7-15(19)17-13/h2-5,13-14H,6-10H2,1H3,(H,17,19)/t13-,14-/m0/s1. The van der Waals surface area contributed by atoms with Crippen molar-refractivity contribution < 1.29 is 14.3 Å². The summed E-state index contributed by atoms with van der Waals surface area (Å²) in [7, 11) is 1.63. The van der Waals surface area contributed by atoms with E-state index >= 15 is 0 Å². The van der Waals surface area contributed by atoms with E-state index in [1.165, 1.54) is 0 Å². The van der Waals surface area contributed by atoms with Crippen molar-refractivity contribution in [3.8, 4) is 5.75 Å². The van der Waals surface area contributed by atoms with Crippen LogP contribution in [0.3, 0.4) is 0 Å². The van der Waals surface area contributed by atoms with Crippen LogP contribution in [0.25, 0.3) is 0 Å². The Morgan fingerprint density at radius 1 is 1.33 bits per heavy atom. The second-order valence-electron chi connectivity index (χ2n) is 5.68. The summed E-state index contributed by atoms with van der Waals surface area (Å²) in [5.41, 5.74) is 0.990. The molecule has 0 aromatic heterocycles. The molecule has 0 aliphatic carbocycles. The van der Waals surface area contributed by atoms with Gasteiger partial charge in [0.1, 0.15) is 5.75 Å². The SMILES string of the molecule is COc1ccc(CC(=O)N2CC[C@@H]3NC(=O)CC[C@@H]32)cc1. The maximum absolute atomic E-state index is 12.5. The molecule has 2 amide bonds. The van der Waals surface area contributed by atoms with E-state index in [2.05, 4.69) is 5.32 Å². The number of carbonyl (C=O) groups is 2. The van der Waals surface area contributed by atoms with Crippen LogP contribution >= 0.6 is 0 Å². The first-order chi connectivity index (χ1) is 10.2. The van der Waals surface area contributed by atoms with Crippen LogP contribution in [0.5, 0.6) is 5.75 Å². The van der Waals surface area contributed by atoms with E-state index in [0.717, 1.165) is 30.7 Å². The summed E-state index contributed by atoms with van der Waals surface area (Å²) >= 11 is 0. The summed E-state index contributed by atoms with van der Waals surface area (Å²) in [5, 5.41) is 2.99. The zero-order chi connectivity index (χ0) is 14.8. The van der Waals surface area contributed by atoms with Crippen molar-refractivity contribution in [2.24, 2.45) is 0 Å². The fraction of sp³-hybridized carbons (Fsp3) is 0.500. The van der Waals surface area contributed by atoms with E-state index < -0.39 is 0 Å². The Morgan fingerprint density at radius 2 is 2.10 bits per heavy atom. The Morgan fingerprint density at radius 3 is 2.81 bits per heavy atom. The summed E-state index contributed by atoms with van der Waals surface area (Å²) < 4.78 is 5.12. The van der Waals surface area contributed by atoms with Gasteiger partial charge in [-0.2, -0.15) is 0 Å². The Balaban J connectivity index is 1.64. The molecule has 5 nitrogen and oxygen atoms in total. The monoisotopic (exact) mass is 288 g/mol. The molecule has 0 unspecified atom stereocenters. The Labute approximate surface area is 124 Å². The number of benzene rings is 1. The van der Waals surface area contributed by atoms with Gasteiger partial charge in [-0.25, -0.2) is 0 Å². The molecule has 2 aliphatic heterocycles. The van der Waals surface area contributed by atoms with Gasteiger partial charge in [-0.3, -0.25) is 9.59 Å². The lowest BCUT2D eigenvalue weighted by Gasteiger charge is -2.32. The number of hydrogen-bond acceptors (Lipinski definition) is 3. The molecule has 21 heavy (non-hydrogen) atoms. The van der Waals surface area contributed by atoms with Crippen molar-refractivity contribution in [2.75, 3.05) is 13.7 Å². The van der Waals surface area contributed by atoms with Gasteiger partial charge in [-0.1, -0.05) is 12.1 Å². The third-order valence-corrected chi connectivity index (χ3v) is 4.39. The van der Waals surface area contributed by atoms with Gasteiger partial charge in [-0.15, -0.1) is 0 Å². The highest BCUT2D eigenvalue weighted by Gasteiger charge is 2.40. The lowest BCUT2D eigenvalue weighted by molar-refractivity contribution is -0.133. The predicted octanol–water partition coefficient (Wildman–Crippen LogP) is 1.12. The number of hydrogen-bond donors (Lipinski definition) is 1. The molecule has 3 rings (SSSR count). The average molecular weight is 288 g/mol. The van der Waals surface area contributed by atoms with Gasteiger partial charge in [0.25, 0.3) is 0 Å². The van der Waals surface area contributed by atoms with Gasteiger partial charge in [0, 0.05) is 13.0 Å². The van der Waals surface area contributed by atoms with Crippen molar-refractivity contribution in [2.45, 2.75) is 37.8 Å². The van der Waals surface area contributed by atoms with E-state index in [1.807, 2.05) is 29.2 Å². The van der Waals surface area contributed by atoms with Crippen LogP contribution < -0.4 is 10.1 Å². The minimum atomic E-state index is 0.112. The number of rotatable bonds is 3. The smallest absolute Gasteiger partial charge is 0.227 e. The summed E-state index contributed by atoms with van der Waals surface area (Å²) in [6.07, 6.45) is 2.57. The van der Waals surface area contributed by atoms with Crippen LogP contribution in [-0.4, -0.2) is 42.5 Å². The zero-order valence-corrected chi connectivity index (χ0v) is 12.2. The first-order valence-electron chi connectivity index (χ1n) is 7.39. The van der Waals surface area contributed by atoms with Crippen molar-refractivity contribution in [1.82, 2.24) is 10.2 Å². The second kappa shape index (κ2) is 5.76. The summed E-state index contributed by atoms with van der Waals surface area (Å²) in [5.74, 6) is 1.05. The lowest BCUT2D eigenvalue weighted by Crippen LogP contribution is -2.51. The second-order valence-corrected chi connectivity index (χ2v) is 5.68. The third-order valence-electron chi connectivity index (χ3n) is 4.39. The average Bonchev–Trinajstić information content (AvgIpc) is 2.91. The highest BCUT2D eigenvalue weighted by Crippen LogP contribution is 2.26. The largest absolute Gasteiger partial charge is 0.497 e. The lowest BCUT2D eigenvalue weighted by atomic mass is 9.98. The van der Waals surface area contributed by atoms with Gasteiger partial charge in [0.2, 0.25) is 11.8 Å². The molecule has 0 spiro atoms. The number of piperidine rings is 1. The molecule has 2 heterocycles. The van der Waals surface area contributed by atoms with Crippen molar-refractivity contribution >= 4 is 11.8 Å². The van der Waals surface area contributed by atoms with Crippen LogP contribution in [0.1, 0.15) is 24.8 Å². The quantitative estimate of drug-likeness (QED) is 0.906. The van der Waals surface area contributed by atoms with Crippen molar-refractivity contribution in [3.05, 3.63) is 29.8 Å². The summed E-state index contributed by atoms with van der Waals surface area (Å²) in [4.78, 5) is 25.8. The van der Waals surface area contributed by atoms with Crippen molar-refractivity contribution in [3.63, 3.8) is 0 Å². The van der Waals surface area contributed by atoms with Gasteiger partial charge >= 0.3 is 0 Å². The molecule has 5 heteroatoms. The minimum absolute atomic E-state index is 0.112. The van der Waals surface area contributed by atoms with E-state index in [0.29, 0.717) is 12.8 Å². The zero-order valence-electron chi connectivity index (χ0n) is 12.2. The van der Waals surface area contributed by atoms with Crippen LogP contribution in [0.15, 0.2) is 24.3 Å². The fourth-order valence-electron chi connectivity index (χ4n) is 3.27. The predicted molar refractivity (Wildman–Crippen MR) is 78.0 cm³/mol. The Bertz CT molecular complexity index is 541. The van der Waals surface area contributed by atoms with E-state index in [4.69, 9.17) is 4.74 Å². The first kappa shape index (κ1) is 13.9. The minimum Gasteiger partial charge on any atom is -0.497 e. The maximum Gasteiger partial charge on any atom is 0.227 e. The summed E-state index contributed by atoms with van der Waals surface area (Å²) in [6, 6.07) is 7.91. The van der Waals surface area contributed by atoms with E-state index in [1.54, 1.807) is 7.11 Å². The molecule has 2 atom stereocenters. The van der Waals surface area contributed by atoms with Crippen LogP contribution in [-0.2, 0) is 16.0 Å². The third kappa shape index (κ3) is 2.86. The Hall–Kier alpha value is -2.04. The van der Waals surface area contributed by atoms with Gasteiger partial charge in [-0.05, 0) is 30.5 Å². The number of nitrogens with zero attached hydrogens (tertiary/aromatic N) is 1. The fourth-order valence-corrected chi connectivity index (χ4v) is 3.27. The molecule has 0 bridgehead atoms. The molecule has 2 saturated heterocycles. The highest BCUT2D eigenvalue weighted by atomic mass is 16.5. The van der Waals surface area contributed by atoms with E-state index in [9.17, 15) is 9.59 Å². The first-order valence-corrected chi connectivity index (χ1v) is 7.39. The van der Waals surface area contributed by atoms with E-state index in [-0.39, 0.29) is 23.9 Å². The summed E-state index contributed by atoms with van der Waals surface area (Å²) in [6.45, 7) is 0.741. The molecule has 1 aromatic rings. The van der Waals surface area contributed by atoms with Crippen LogP contribution in [0.2, 0.25) is 0 Å². The Kier molecular flexibility index (Phi) is 3.82. The maximum atomic E-state index is 12.5. The number of amides is 2. The topological polar surface area (TPSA) is 58.6 Å². The molecule has 112 valence electrons. The number of methoxy groups -OCH3 is 1. The molecule has 1 aromatic carbocycles. The van der Waals surface area contributed by atoms with Gasteiger partial charge in [0.15, 0.2) is 0 Å². The number of carbonyl (C=O) groups excluding carboxylic acids is 2. The van der Waals surface area contributed by atoms with Gasteiger partial charge < -0.3 is 15.0 Å². The molecule has 0 saturated carbocycles. The molecular formula is C16H20N2O3. The molecule has 2 fully saturated rings. The normalized spacial score (nSPS) is 24.4. The van der Waals surface area contributed by atoms with Crippen LogP contribution in [0, 0.1) is 0 Å². The van der Waals surface area contributed by atoms with Crippen LogP contribution in [0.4, 0.5) is 0 Å². The highest BCUT2D eigenvalue weighted by molar-refractivity contribution is 5.81. The molecule has 1 N–H and O–H groups in total. The number of ether oxygens (including phenoxy) is 1. The number of nitrogens with one attached hydrogen (secondary N) is 1. The molecular weight excluding hydrogens is 268 g/mol. The van der Waals surface area contributed by atoms with Crippen molar-refractivity contribution in [1.29, 1.82) is 0 Å². The molecule has 2 aliphatic rings. The molecule has 0 radical (unpaired) electrons. The number of likely N-dealkylation sites (tertiary alicyclic amines) is 1. The number of fused-ring (bicyclic) bond motifs is 1.